The number of nitrogens with one attached hydrogen (secondary N) is 2. The first-order valence-electron chi connectivity index (χ1n) is 7.63. The van der Waals surface area contributed by atoms with Gasteiger partial charge in [0.2, 0.25) is 0 Å². The summed E-state index contributed by atoms with van der Waals surface area (Å²) in [6.45, 7) is 1.95. The van der Waals surface area contributed by atoms with E-state index in [1.807, 2.05) is 6.92 Å². The van der Waals surface area contributed by atoms with Crippen molar-refractivity contribution in [3.05, 3.63) is 58.7 Å². The zero-order valence-electron chi connectivity index (χ0n) is 13.1. The second-order valence-corrected chi connectivity index (χ2v) is 5.52. The van der Waals surface area contributed by atoms with E-state index in [9.17, 15) is 9.59 Å². The van der Waals surface area contributed by atoms with Crippen molar-refractivity contribution in [2.75, 3.05) is 17.7 Å². The molecule has 0 fully saturated rings. The molecule has 0 amide bonds. The molecule has 118 valence electrons. The van der Waals surface area contributed by atoms with E-state index < -0.39 is 0 Å². The summed E-state index contributed by atoms with van der Waals surface area (Å²) in [6, 6.07) is 10.5. The first-order chi connectivity index (χ1) is 11.1. The zero-order chi connectivity index (χ0) is 16.6. The Morgan fingerprint density at radius 2 is 1.48 bits per heavy atom. The van der Waals surface area contributed by atoms with Crippen LogP contribution in [0.15, 0.2) is 36.4 Å². The van der Waals surface area contributed by atoms with Crippen LogP contribution < -0.4 is 16.4 Å². The molecule has 0 aliphatic heterocycles. The van der Waals surface area contributed by atoms with Gasteiger partial charge < -0.3 is 16.4 Å². The summed E-state index contributed by atoms with van der Waals surface area (Å²) in [7, 11) is 1.73. The Hall–Kier alpha value is -2.66. The van der Waals surface area contributed by atoms with E-state index >= 15 is 0 Å². The van der Waals surface area contributed by atoms with Gasteiger partial charge in [-0.1, -0.05) is 31.2 Å². The molecule has 5 heteroatoms. The topological polar surface area (TPSA) is 84.2 Å². The number of carbonyl (C=O) groups excluding carboxylic acids is 2. The first kappa shape index (κ1) is 15.2. The molecule has 0 spiro atoms. The van der Waals surface area contributed by atoms with Gasteiger partial charge in [0.05, 0.1) is 17.3 Å². The number of carbonyl (C=O) groups is 2. The molecule has 0 aromatic heterocycles. The van der Waals surface area contributed by atoms with Crippen LogP contribution in [0.5, 0.6) is 0 Å². The van der Waals surface area contributed by atoms with E-state index in [2.05, 4.69) is 10.6 Å². The van der Waals surface area contributed by atoms with E-state index in [1.54, 1.807) is 43.4 Å². The van der Waals surface area contributed by atoms with E-state index in [4.69, 9.17) is 5.73 Å². The molecule has 2 aromatic rings. The maximum atomic E-state index is 13.0. The van der Waals surface area contributed by atoms with Gasteiger partial charge in [-0.3, -0.25) is 9.59 Å². The number of rotatable bonds is 4. The molecule has 2 aromatic carbocycles. The maximum absolute atomic E-state index is 13.0. The number of fused-ring (bicyclic) bond motifs is 2. The van der Waals surface area contributed by atoms with Crippen LogP contribution in [0.2, 0.25) is 0 Å². The van der Waals surface area contributed by atoms with Crippen LogP contribution in [0.4, 0.5) is 11.4 Å². The molecule has 0 bridgehead atoms. The fraction of sp³-hybridized carbons (Fsp3) is 0.222. The van der Waals surface area contributed by atoms with Gasteiger partial charge in [0, 0.05) is 29.5 Å². The highest BCUT2D eigenvalue weighted by Crippen LogP contribution is 2.36. The molecule has 4 N–H and O–H groups in total. The Labute approximate surface area is 134 Å². The summed E-state index contributed by atoms with van der Waals surface area (Å²) >= 11 is 0. The number of benzene rings is 2. The molecule has 5 nitrogen and oxygen atoms in total. The monoisotopic (exact) mass is 309 g/mol. The highest BCUT2D eigenvalue weighted by atomic mass is 16.1. The standard InChI is InChI=1S/C18H19N3O2/c1-3-14(19)21-13-9-8-12(20-2)15-16(13)18(23)11-7-5-4-6-10(11)17(15)22/h4-9,14,20-21H,3,19H2,1-2H3. The molecule has 1 unspecified atom stereocenters. The molecular formula is C18H19N3O2. The average molecular weight is 309 g/mol. The second kappa shape index (κ2) is 5.85. The highest BCUT2D eigenvalue weighted by Gasteiger charge is 2.33. The molecule has 0 saturated heterocycles. The minimum atomic E-state index is -0.278. The molecule has 1 aliphatic rings. The van der Waals surface area contributed by atoms with E-state index in [0.29, 0.717) is 40.0 Å². The van der Waals surface area contributed by atoms with Gasteiger partial charge in [0.1, 0.15) is 0 Å². The summed E-state index contributed by atoms with van der Waals surface area (Å²) in [4.78, 5) is 25.8. The minimum absolute atomic E-state index is 0.145. The Morgan fingerprint density at radius 1 is 0.957 bits per heavy atom. The molecular weight excluding hydrogens is 290 g/mol. The normalized spacial score (nSPS) is 14.0. The molecule has 0 saturated carbocycles. The summed E-state index contributed by atoms with van der Waals surface area (Å²) in [5.41, 5.74) is 8.88. The number of anilines is 2. The summed E-state index contributed by atoms with van der Waals surface area (Å²) in [6.07, 6.45) is 0.431. The van der Waals surface area contributed by atoms with Crippen molar-refractivity contribution in [2.24, 2.45) is 5.73 Å². The average Bonchev–Trinajstić information content (AvgIpc) is 2.59. The van der Waals surface area contributed by atoms with Crippen LogP contribution in [0.25, 0.3) is 0 Å². The van der Waals surface area contributed by atoms with E-state index in [1.165, 1.54) is 0 Å². The SMILES string of the molecule is CCC(N)Nc1ccc(NC)c2c1C(=O)c1ccccc1C2=O. The number of ketones is 2. The summed E-state index contributed by atoms with van der Waals surface area (Å²) in [5, 5.41) is 6.13. The largest absolute Gasteiger partial charge is 0.388 e. The Bertz CT molecular complexity index is 799. The molecule has 0 radical (unpaired) electrons. The van der Waals surface area contributed by atoms with Crippen molar-refractivity contribution in [3.8, 4) is 0 Å². The molecule has 23 heavy (non-hydrogen) atoms. The van der Waals surface area contributed by atoms with Gasteiger partial charge in [0.25, 0.3) is 0 Å². The van der Waals surface area contributed by atoms with Gasteiger partial charge in [-0.15, -0.1) is 0 Å². The number of hydrogen-bond donors (Lipinski definition) is 3. The lowest BCUT2D eigenvalue weighted by atomic mass is 9.82. The van der Waals surface area contributed by atoms with Crippen LogP contribution in [0.1, 0.15) is 45.2 Å². The van der Waals surface area contributed by atoms with Gasteiger partial charge in [-0.05, 0) is 18.6 Å². The van der Waals surface area contributed by atoms with Crippen LogP contribution in [-0.2, 0) is 0 Å². The highest BCUT2D eigenvalue weighted by molar-refractivity contribution is 6.31. The number of hydrogen-bond acceptors (Lipinski definition) is 5. The van der Waals surface area contributed by atoms with Crippen LogP contribution in [-0.4, -0.2) is 24.8 Å². The lowest BCUT2D eigenvalue weighted by Gasteiger charge is -2.24. The van der Waals surface area contributed by atoms with Crippen molar-refractivity contribution in [3.63, 3.8) is 0 Å². The van der Waals surface area contributed by atoms with Crippen LogP contribution in [0, 0.1) is 0 Å². The van der Waals surface area contributed by atoms with Crippen molar-refractivity contribution >= 4 is 22.9 Å². The zero-order valence-corrected chi connectivity index (χ0v) is 13.1. The minimum Gasteiger partial charge on any atom is -0.388 e. The molecule has 3 rings (SSSR count). The van der Waals surface area contributed by atoms with Gasteiger partial charge in [-0.2, -0.15) is 0 Å². The molecule has 1 aliphatic carbocycles. The predicted octanol–water partition coefficient (Wildman–Crippen LogP) is 2.61. The first-order valence-corrected chi connectivity index (χ1v) is 7.63. The van der Waals surface area contributed by atoms with Gasteiger partial charge >= 0.3 is 0 Å². The lowest BCUT2D eigenvalue weighted by molar-refractivity contribution is 0.0980. The lowest BCUT2D eigenvalue weighted by Crippen LogP contribution is -2.31. The Morgan fingerprint density at radius 3 is 2.00 bits per heavy atom. The predicted molar refractivity (Wildman–Crippen MR) is 91.2 cm³/mol. The third-order valence-electron chi connectivity index (χ3n) is 4.13. The van der Waals surface area contributed by atoms with Crippen molar-refractivity contribution in [1.82, 2.24) is 0 Å². The van der Waals surface area contributed by atoms with Crippen molar-refractivity contribution < 1.29 is 9.59 Å². The third kappa shape index (κ3) is 2.39. The fourth-order valence-electron chi connectivity index (χ4n) is 2.85. The van der Waals surface area contributed by atoms with E-state index in [0.717, 1.165) is 0 Å². The van der Waals surface area contributed by atoms with Crippen LogP contribution >= 0.6 is 0 Å². The maximum Gasteiger partial charge on any atom is 0.196 e. The van der Waals surface area contributed by atoms with Crippen LogP contribution in [0.3, 0.4) is 0 Å². The van der Waals surface area contributed by atoms with Crippen molar-refractivity contribution in [2.45, 2.75) is 19.5 Å². The van der Waals surface area contributed by atoms with Gasteiger partial charge in [-0.25, -0.2) is 0 Å². The molecule has 0 heterocycles. The summed E-state index contributed by atoms with van der Waals surface area (Å²) < 4.78 is 0. The molecule has 1 atom stereocenters. The quantitative estimate of drug-likeness (QED) is 0.645. The number of nitrogens with two attached hydrogens (primary N) is 1. The Kier molecular flexibility index (Phi) is 3.88. The van der Waals surface area contributed by atoms with E-state index in [-0.39, 0.29) is 17.7 Å². The smallest absolute Gasteiger partial charge is 0.196 e. The van der Waals surface area contributed by atoms with Crippen molar-refractivity contribution in [1.29, 1.82) is 0 Å². The Balaban J connectivity index is 2.24. The third-order valence-corrected chi connectivity index (χ3v) is 4.13. The van der Waals surface area contributed by atoms with Gasteiger partial charge in [0.15, 0.2) is 11.6 Å². The second-order valence-electron chi connectivity index (χ2n) is 5.52. The summed E-state index contributed by atoms with van der Waals surface area (Å²) in [5.74, 6) is -0.300. The fourth-order valence-corrected chi connectivity index (χ4v) is 2.85.